The van der Waals surface area contributed by atoms with Crippen molar-refractivity contribution in [1.82, 2.24) is 14.6 Å². The van der Waals surface area contributed by atoms with E-state index in [-0.39, 0.29) is 5.97 Å². The van der Waals surface area contributed by atoms with Crippen LogP contribution in [0.15, 0.2) is 65.8 Å². The van der Waals surface area contributed by atoms with Crippen molar-refractivity contribution in [2.24, 2.45) is 0 Å². The summed E-state index contributed by atoms with van der Waals surface area (Å²) in [6.07, 6.45) is 0. The van der Waals surface area contributed by atoms with Gasteiger partial charge in [-0.15, -0.1) is 10.2 Å². The van der Waals surface area contributed by atoms with Crippen LogP contribution in [-0.2, 0) is 10.5 Å². The van der Waals surface area contributed by atoms with Gasteiger partial charge >= 0.3 is 5.97 Å². The van der Waals surface area contributed by atoms with Gasteiger partial charge < -0.3 is 4.74 Å². The van der Waals surface area contributed by atoms with Gasteiger partial charge in [-0.25, -0.2) is 4.79 Å². The number of aromatic nitrogens is 3. The largest absolute Gasteiger partial charge is 0.462 e. The SMILES string of the molecule is CCOC(=O)c1cccc(CSc2nnc3ccc4ccccc4n23)c1. The maximum absolute atomic E-state index is 11.9. The number of carbonyl (C=O) groups excluding carboxylic acids is 1. The number of hydrogen-bond donors (Lipinski definition) is 0. The highest BCUT2D eigenvalue weighted by molar-refractivity contribution is 7.98. The first-order chi connectivity index (χ1) is 12.8. The maximum atomic E-state index is 11.9. The van der Waals surface area contributed by atoms with Crippen molar-refractivity contribution in [3.05, 3.63) is 71.8 Å². The molecule has 0 aliphatic carbocycles. The summed E-state index contributed by atoms with van der Waals surface area (Å²) in [4.78, 5) is 11.9. The molecule has 0 amide bonds. The molecule has 0 unspecified atom stereocenters. The lowest BCUT2D eigenvalue weighted by Gasteiger charge is -2.06. The molecular weight excluding hydrogens is 346 g/mol. The van der Waals surface area contributed by atoms with Crippen molar-refractivity contribution in [3.63, 3.8) is 0 Å². The van der Waals surface area contributed by atoms with E-state index in [1.54, 1.807) is 24.8 Å². The van der Waals surface area contributed by atoms with Crippen molar-refractivity contribution >= 4 is 34.3 Å². The summed E-state index contributed by atoms with van der Waals surface area (Å²) in [5, 5.41) is 10.6. The zero-order valence-corrected chi connectivity index (χ0v) is 15.1. The second-order valence-electron chi connectivity index (χ2n) is 5.78. The molecule has 0 bridgehead atoms. The van der Waals surface area contributed by atoms with Crippen LogP contribution in [0.2, 0.25) is 0 Å². The molecule has 2 aromatic carbocycles. The van der Waals surface area contributed by atoms with Crippen molar-refractivity contribution in [1.29, 1.82) is 0 Å². The van der Waals surface area contributed by atoms with Crippen molar-refractivity contribution < 1.29 is 9.53 Å². The number of esters is 1. The highest BCUT2D eigenvalue weighted by Gasteiger charge is 2.11. The highest BCUT2D eigenvalue weighted by atomic mass is 32.2. The number of para-hydroxylation sites is 1. The zero-order valence-electron chi connectivity index (χ0n) is 14.3. The van der Waals surface area contributed by atoms with E-state index in [4.69, 9.17) is 4.74 Å². The van der Waals surface area contributed by atoms with Crippen LogP contribution in [0.5, 0.6) is 0 Å². The molecule has 0 saturated carbocycles. The van der Waals surface area contributed by atoms with Crippen LogP contribution in [0.1, 0.15) is 22.8 Å². The molecule has 5 nitrogen and oxygen atoms in total. The van der Waals surface area contributed by atoms with Gasteiger partial charge in [0.25, 0.3) is 0 Å². The van der Waals surface area contributed by atoms with Crippen molar-refractivity contribution in [2.45, 2.75) is 17.8 Å². The number of hydrogen-bond acceptors (Lipinski definition) is 5. The minimum Gasteiger partial charge on any atom is -0.462 e. The third kappa shape index (κ3) is 3.15. The van der Waals surface area contributed by atoms with E-state index in [0.717, 1.165) is 27.3 Å². The number of rotatable bonds is 5. The second-order valence-corrected chi connectivity index (χ2v) is 6.72. The Bertz CT molecular complexity index is 1090. The normalized spacial score (nSPS) is 11.1. The molecule has 4 aromatic rings. The van der Waals surface area contributed by atoms with E-state index in [0.29, 0.717) is 17.9 Å². The van der Waals surface area contributed by atoms with Crippen LogP contribution in [0.3, 0.4) is 0 Å². The van der Waals surface area contributed by atoms with Crippen LogP contribution in [0.4, 0.5) is 0 Å². The van der Waals surface area contributed by atoms with E-state index in [9.17, 15) is 4.79 Å². The van der Waals surface area contributed by atoms with E-state index in [1.165, 1.54) is 0 Å². The quantitative estimate of drug-likeness (QED) is 0.390. The molecule has 0 spiro atoms. The van der Waals surface area contributed by atoms with Crippen LogP contribution in [0.25, 0.3) is 16.6 Å². The number of benzene rings is 2. The van der Waals surface area contributed by atoms with Crippen LogP contribution < -0.4 is 0 Å². The standard InChI is InChI=1S/C20H17N3O2S/c1-2-25-19(24)16-8-5-6-14(12-16)13-26-20-22-21-18-11-10-15-7-3-4-9-17(15)23(18)20/h3-12H,2,13H2,1H3. The lowest BCUT2D eigenvalue weighted by atomic mass is 10.1. The Balaban J connectivity index is 1.62. The zero-order chi connectivity index (χ0) is 17.9. The van der Waals surface area contributed by atoms with Gasteiger partial charge in [-0.2, -0.15) is 0 Å². The van der Waals surface area contributed by atoms with Gasteiger partial charge in [0.05, 0.1) is 17.7 Å². The fraction of sp³-hybridized carbons (Fsp3) is 0.150. The van der Waals surface area contributed by atoms with Gasteiger partial charge in [0.2, 0.25) is 0 Å². The lowest BCUT2D eigenvalue weighted by molar-refractivity contribution is 0.0526. The molecule has 4 rings (SSSR count). The Kier molecular flexibility index (Phi) is 4.58. The molecule has 0 saturated heterocycles. The molecule has 0 aliphatic heterocycles. The predicted octanol–water partition coefficient (Wildman–Crippen LogP) is 4.35. The smallest absolute Gasteiger partial charge is 0.338 e. The minimum absolute atomic E-state index is 0.293. The first-order valence-electron chi connectivity index (χ1n) is 8.38. The Morgan fingerprint density at radius 3 is 2.85 bits per heavy atom. The third-order valence-electron chi connectivity index (χ3n) is 4.05. The number of ether oxygens (including phenoxy) is 1. The predicted molar refractivity (Wildman–Crippen MR) is 102 cm³/mol. The summed E-state index contributed by atoms with van der Waals surface area (Å²) < 4.78 is 7.13. The average Bonchev–Trinajstić information content (AvgIpc) is 3.10. The van der Waals surface area contributed by atoms with Crippen LogP contribution >= 0.6 is 11.8 Å². The summed E-state index contributed by atoms with van der Waals surface area (Å²) in [6.45, 7) is 2.18. The fourth-order valence-corrected chi connectivity index (χ4v) is 3.75. The molecule has 0 atom stereocenters. The topological polar surface area (TPSA) is 56.5 Å². The second kappa shape index (κ2) is 7.17. The molecule has 0 N–H and O–H groups in total. The number of carbonyl (C=O) groups is 1. The van der Waals surface area contributed by atoms with Gasteiger partial charge in [0, 0.05) is 5.75 Å². The van der Waals surface area contributed by atoms with E-state index < -0.39 is 0 Å². The molecule has 0 radical (unpaired) electrons. The van der Waals surface area contributed by atoms with E-state index in [1.807, 2.05) is 36.4 Å². The monoisotopic (exact) mass is 363 g/mol. The molecule has 0 aliphatic rings. The Morgan fingerprint density at radius 2 is 1.96 bits per heavy atom. The molecular formula is C20H17N3O2S. The number of thioether (sulfide) groups is 1. The van der Waals surface area contributed by atoms with Gasteiger partial charge in [0.15, 0.2) is 10.8 Å². The van der Waals surface area contributed by atoms with Crippen LogP contribution in [-0.4, -0.2) is 27.2 Å². The van der Waals surface area contributed by atoms with Crippen molar-refractivity contribution in [3.8, 4) is 0 Å². The highest BCUT2D eigenvalue weighted by Crippen LogP contribution is 2.26. The summed E-state index contributed by atoms with van der Waals surface area (Å²) in [6, 6.07) is 19.7. The summed E-state index contributed by atoms with van der Waals surface area (Å²) in [5.74, 6) is 0.398. The van der Waals surface area contributed by atoms with Crippen LogP contribution in [0, 0.1) is 0 Å². The van der Waals surface area contributed by atoms with Gasteiger partial charge in [-0.3, -0.25) is 4.40 Å². The molecule has 6 heteroatoms. The van der Waals surface area contributed by atoms with Gasteiger partial charge in [-0.05, 0) is 48.2 Å². The Morgan fingerprint density at radius 1 is 1.08 bits per heavy atom. The number of fused-ring (bicyclic) bond motifs is 3. The third-order valence-corrected chi connectivity index (χ3v) is 5.05. The summed E-state index contributed by atoms with van der Waals surface area (Å²) >= 11 is 1.60. The molecule has 2 heterocycles. The fourth-order valence-electron chi connectivity index (χ4n) is 2.86. The number of pyridine rings is 1. The first-order valence-corrected chi connectivity index (χ1v) is 9.36. The average molecular weight is 363 g/mol. The van der Waals surface area contributed by atoms with E-state index >= 15 is 0 Å². The minimum atomic E-state index is -0.293. The molecule has 26 heavy (non-hydrogen) atoms. The molecule has 130 valence electrons. The first kappa shape index (κ1) is 16.6. The Labute approximate surface area is 155 Å². The summed E-state index contributed by atoms with van der Waals surface area (Å²) in [5.41, 5.74) is 3.52. The van der Waals surface area contributed by atoms with Crippen molar-refractivity contribution in [2.75, 3.05) is 6.61 Å². The number of nitrogens with zero attached hydrogens (tertiary/aromatic N) is 3. The Hall–Kier alpha value is -2.86. The lowest BCUT2D eigenvalue weighted by Crippen LogP contribution is -2.04. The maximum Gasteiger partial charge on any atom is 0.338 e. The molecule has 0 fully saturated rings. The van der Waals surface area contributed by atoms with Gasteiger partial charge in [0.1, 0.15) is 0 Å². The summed E-state index contributed by atoms with van der Waals surface area (Å²) in [7, 11) is 0. The van der Waals surface area contributed by atoms with Gasteiger partial charge in [-0.1, -0.05) is 42.1 Å². The molecule has 2 aromatic heterocycles. The van der Waals surface area contributed by atoms with E-state index in [2.05, 4.69) is 32.8 Å².